The van der Waals surface area contributed by atoms with Crippen LogP contribution in [0.5, 0.6) is 0 Å². The standard InChI is InChI=1S/C14H10F3NOS/c15-10-3-1-9(12(17)6-10)7-18-14(19)8-2-4-11(16)13(20)5-8/h1-6,20H,7H2,(H,18,19). The maximum absolute atomic E-state index is 13.4. The molecule has 6 heteroatoms. The minimum absolute atomic E-state index is 0.0469. The first-order valence-corrected chi connectivity index (χ1v) is 6.13. The molecular weight excluding hydrogens is 287 g/mol. The highest BCUT2D eigenvalue weighted by Gasteiger charge is 2.09. The Kier molecular flexibility index (Phi) is 4.34. The molecule has 0 spiro atoms. The average Bonchev–Trinajstić information content (AvgIpc) is 2.40. The van der Waals surface area contributed by atoms with E-state index in [1.807, 2.05) is 0 Å². The predicted molar refractivity (Wildman–Crippen MR) is 71.2 cm³/mol. The summed E-state index contributed by atoms with van der Waals surface area (Å²) < 4.78 is 39.1. The summed E-state index contributed by atoms with van der Waals surface area (Å²) in [6.45, 7) is -0.0930. The quantitative estimate of drug-likeness (QED) is 0.836. The van der Waals surface area contributed by atoms with Gasteiger partial charge in [0.2, 0.25) is 0 Å². The van der Waals surface area contributed by atoms with E-state index < -0.39 is 23.4 Å². The molecule has 1 N–H and O–H groups in total. The van der Waals surface area contributed by atoms with Crippen molar-refractivity contribution in [3.63, 3.8) is 0 Å². The van der Waals surface area contributed by atoms with E-state index in [1.165, 1.54) is 18.2 Å². The van der Waals surface area contributed by atoms with Crippen molar-refractivity contribution < 1.29 is 18.0 Å². The Labute approximate surface area is 119 Å². The fraction of sp³-hybridized carbons (Fsp3) is 0.0714. The highest BCUT2D eigenvalue weighted by Crippen LogP contribution is 2.14. The zero-order valence-electron chi connectivity index (χ0n) is 10.2. The summed E-state index contributed by atoms with van der Waals surface area (Å²) in [4.78, 5) is 11.8. The zero-order chi connectivity index (χ0) is 14.7. The smallest absolute Gasteiger partial charge is 0.251 e. The van der Waals surface area contributed by atoms with E-state index in [-0.39, 0.29) is 22.6 Å². The van der Waals surface area contributed by atoms with Gasteiger partial charge >= 0.3 is 0 Å². The first-order valence-electron chi connectivity index (χ1n) is 5.68. The van der Waals surface area contributed by atoms with Crippen molar-refractivity contribution in [2.45, 2.75) is 11.4 Å². The molecule has 2 aromatic carbocycles. The zero-order valence-corrected chi connectivity index (χ0v) is 11.1. The summed E-state index contributed by atoms with van der Waals surface area (Å²) in [5, 5.41) is 2.46. The van der Waals surface area contributed by atoms with Gasteiger partial charge in [0.25, 0.3) is 5.91 Å². The normalized spacial score (nSPS) is 10.4. The lowest BCUT2D eigenvalue weighted by molar-refractivity contribution is 0.0950. The number of amides is 1. The number of carbonyl (C=O) groups is 1. The van der Waals surface area contributed by atoms with Crippen LogP contribution in [0.4, 0.5) is 13.2 Å². The topological polar surface area (TPSA) is 29.1 Å². The minimum atomic E-state index is -0.737. The molecule has 0 aromatic heterocycles. The molecule has 0 fully saturated rings. The summed E-state index contributed by atoms with van der Waals surface area (Å²) in [7, 11) is 0. The summed E-state index contributed by atoms with van der Waals surface area (Å²) in [6.07, 6.45) is 0. The van der Waals surface area contributed by atoms with Gasteiger partial charge in [-0.15, -0.1) is 12.6 Å². The van der Waals surface area contributed by atoms with E-state index in [0.29, 0.717) is 0 Å². The predicted octanol–water partition coefficient (Wildman–Crippen LogP) is 3.32. The van der Waals surface area contributed by atoms with Gasteiger partial charge in [-0.3, -0.25) is 4.79 Å². The van der Waals surface area contributed by atoms with Gasteiger partial charge in [0.05, 0.1) is 0 Å². The first-order chi connectivity index (χ1) is 9.47. The number of benzene rings is 2. The molecule has 2 rings (SSSR count). The Balaban J connectivity index is 2.06. The molecule has 104 valence electrons. The van der Waals surface area contributed by atoms with Gasteiger partial charge in [0, 0.05) is 28.6 Å². The Morgan fingerprint density at radius 2 is 1.80 bits per heavy atom. The number of rotatable bonds is 3. The third-order valence-corrected chi connectivity index (χ3v) is 3.01. The van der Waals surface area contributed by atoms with Crippen LogP contribution in [0.2, 0.25) is 0 Å². The maximum atomic E-state index is 13.4. The molecule has 0 aliphatic carbocycles. The van der Waals surface area contributed by atoms with Crippen LogP contribution in [0, 0.1) is 17.5 Å². The summed E-state index contributed by atoms with van der Waals surface area (Å²) >= 11 is 3.87. The largest absolute Gasteiger partial charge is 0.348 e. The average molecular weight is 297 g/mol. The number of nitrogens with one attached hydrogen (secondary N) is 1. The van der Waals surface area contributed by atoms with Crippen molar-refractivity contribution in [3.8, 4) is 0 Å². The highest BCUT2D eigenvalue weighted by atomic mass is 32.1. The first kappa shape index (κ1) is 14.5. The molecule has 2 aromatic rings. The van der Waals surface area contributed by atoms with E-state index >= 15 is 0 Å². The lowest BCUT2D eigenvalue weighted by Crippen LogP contribution is -2.23. The van der Waals surface area contributed by atoms with Gasteiger partial charge in [-0.1, -0.05) is 6.07 Å². The third-order valence-electron chi connectivity index (χ3n) is 2.66. The molecule has 0 aliphatic rings. The van der Waals surface area contributed by atoms with Crippen LogP contribution < -0.4 is 5.32 Å². The number of hydrogen-bond donors (Lipinski definition) is 2. The maximum Gasteiger partial charge on any atom is 0.251 e. The SMILES string of the molecule is O=C(NCc1ccc(F)cc1F)c1ccc(F)c(S)c1. The molecule has 20 heavy (non-hydrogen) atoms. The van der Waals surface area contributed by atoms with Crippen LogP contribution in [-0.4, -0.2) is 5.91 Å². The molecule has 0 radical (unpaired) electrons. The van der Waals surface area contributed by atoms with Crippen LogP contribution in [0.15, 0.2) is 41.3 Å². The van der Waals surface area contributed by atoms with Crippen molar-refractivity contribution in [3.05, 3.63) is 65.0 Å². The highest BCUT2D eigenvalue weighted by molar-refractivity contribution is 7.80. The monoisotopic (exact) mass is 297 g/mol. The van der Waals surface area contributed by atoms with Crippen molar-refractivity contribution in [1.29, 1.82) is 0 Å². The molecule has 0 saturated carbocycles. The second-order valence-corrected chi connectivity index (χ2v) is 4.57. The van der Waals surface area contributed by atoms with Crippen LogP contribution >= 0.6 is 12.6 Å². The van der Waals surface area contributed by atoms with E-state index in [9.17, 15) is 18.0 Å². The van der Waals surface area contributed by atoms with Gasteiger partial charge in [-0.2, -0.15) is 0 Å². The second-order valence-electron chi connectivity index (χ2n) is 4.08. The molecule has 0 atom stereocenters. The van der Waals surface area contributed by atoms with E-state index in [0.717, 1.165) is 18.2 Å². The van der Waals surface area contributed by atoms with E-state index in [4.69, 9.17) is 0 Å². The number of halogens is 3. The minimum Gasteiger partial charge on any atom is -0.348 e. The Morgan fingerprint density at radius 1 is 1.05 bits per heavy atom. The molecule has 0 saturated heterocycles. The van der Waals surface area contributed by atoms with Gasteiger partial charge in [-0.05, 0) is 24.3 Å². The molecule has 2 nitrogen and oxygen atoms in total. The van der Waals surface area contributed by atoms with Gasteiger partial charge in [0.1, 0.15) is 17.5 Å². The Hall–Kier alpha value is -1.95. The molecular formula is C14H10F3NOS. The van der Waals surface area contributed by atoms with Gasteiger partial charge < -0.3 is 5.32 Å². The molecule has 0 heterocycles. The van der Waals surface area contributed by atoms with Crippen LogP contribution in [-0.2, 0) is 6.54 Å². The molecule has 1 amide bonds. The van der Waals surface area contributed by atoms with Crippen molar-refractivity contribution in [2.24, 2.45) is 0 Å². The number of hydrogen-bond acceptors (Lipinski definition) is 2. The lowest BCUT2D eigenvalue weighted by Gasteiger charge is -2.07. The fourth-order valence-electron chi connectivity index (χ4n) is 1.60. The number of carbonyl (C=O) groups excluding carboxylic acids is 1. The lowest BCUT2D eigenvalue weighted by atomic mass is 10.2. The number of thiol groups is 1. The van der Waals surface area contributed by atoms with Crippen molar-refractivity contribution in [2.75, 3.05) is 0 Å². The summed E-state index contributed by atoms with van der Waals surface area (Å²) in [6, 6.07) is 6.79. The van der Waals surface area contributed by atoms with Crippen molar-refractivity contribution in [1.82, 2.24) is 5.32 Å². The van der Waals surface area contributed by atoms with Crippen molar-refractivity contribution >= 4 is 18.5 Å². The Bertz CT molecular complexity index is 661. The summed E-state index contributed by atoms with van der Waals surface area (Å²) in [5.74, 6) is -2.45. The second kappa shape index (κ2) is 6.00. The van der Waals surface area contributed by atoms with Gasteiger partial charge in [-0.25, -0.2) is 13.2 Å². The molecule has 0 aliphatic heterocycles. The molecule has 0 bridgehead atoms. The van der Waals surface area contributed by atoms with Gasteiger partial charge in [0.15, 0.2) is 0 Å². The van der Waals surface area contributed by atoms with Crippen LogP contribution in [0.25, 0.3) is 0 Å². The van der Waals surface area contributed by atoms with E-state index in [1.54, 1.807) is 0 Å². The third kappa shape index (κ3) is 3.33. The van der Waals surface area contributed by atoms with Crippen LogP contribution in [0.3, 0.4) is 0 Å². The van der Waals surface area contributed by atoms with E-state index in [2.05, 4.69) is 17.9 Å². The summed E-state index contributed by atoms with van der Waals surface area (Å²) in [5.41, 5.74) is 0.367. The fourth-order valence-corrected chi connectivity index (χ4v) is 1.81. The molecule has 0 unspecified atom stereocenters. The Morgan fingerprint density at radius 3 is 2.45 bits per heavy atom. The van der Waals surface area contributed by atoms with Crippen LogP contribution in [0.1, 0.15) is 15.9 Å².